The summed E-state index contributed by atoms with van der Waals surface area (Å²) >= 11 is 0. The van der Waals surface area contributed by atoms with Crippen molar-refractivity contribution in [2.75, 3.05) is 0 Å². The van der Waals surface area contributed by atoms with Crippen molar-refractivity contribution >= 4 is 29.5 Å². The number of rotatable bonds is 4. The summed E-state index contributed by atoms with van der Waals surface area (Å²) < 4.78 is 10.1. The van der Waals surface area contributed by atoms with E-state index in [1.807, 2.05) is 0 Å². The van der Waals surface area contributed by atoms with Gasteiger partial charge in [-0.25, -0.2) is 0 Å². The second kappa shape index (κ2) is 7.69. The zero-order valence-electron chi connectivity index (χ0n) is 5.09. The minimum Gasteiger partial charge on any atom is -0.436 e. The van der Waals surface area contributed by atoms with Crippen LogP contribution in [0.1, 0.15) is 0 Å². The monoisotopic (exact) mass is 172 g/mol. The molecular formula is C4H8O2Si3. The molecule has 0 bridgehead atoms. The summed E-state index contributed by atoms with van der Waals surface area (Å²) in [5, 5.41) is 0. The highest BCUT2D eigenvalue weighted by Gasteiger charge is 1.83. The van der Waals surface area contributed by atoms with Gasteiger partial charge >= 0.3 is 0 Å². The van der Waals surface area contributed by atoms with E-state index in [1.54, 1.807) is 0 Å². The Morgan fingerprint density at radius 3 is 1.78 bits per heavy atom. The van der Waals surface area contributed by atoms with Crippen LogP contribution in [0.25, 0.3) is 0 Å². The molecule has 0 unspecified atom stereocenters. The molecule has 0 aliphatic heterocycles. The predicted octanol–water partition coefficient (Wildman–Crippen LogP) is -2.63. The summed E-state index contributed by atoms with van der Waals surface area (Å²) in [7, 11) is -2.15. The van der Waals surface area contributed by atoms with E-state index < -0.39 is 29.5 Å². The second-order valence-corrected chi connectivity index (χ2v) is 6.12. The summed E-state index contributed by atoms with van der Waals surface area (Å²) in [6.07, 6.45) is 9.94. The molecule has 0 saturated carbocycles. The van der Waals surface area contributed by atoms with Crippen LogP contribution in [0.4, 0.5) is 0 Å². The van der Waals surface area contributed by atoms with Gasteiger partial charge in [0.2, 0.25) is 19.5 Å². The maximum absolute atomic E-state index is 5.04. The molecule has 0 amide bonds. The Bertz CT molecular complexity index is 118. The first kappa shape index (κ1) is 8.69. The van der Waals surface area contributed by atoms with Crippen LogP contribution in [0.2, 0.25) is 0 Å². The molecule has 5 heteroatoms. The van der Waals surface area contributed by atoms with E-state index in [2.05, 4.69) is 11.1 Å². The Hall–Kier alpha value is -0.309. The lowest BCUT2D eigenvalue weighted by Crippen LogP contribution is -2.08. The second-order valence-electron chi connectivity index (χ2n) is 1.22. The molecule has 0 aliphatic carbocycles. The molecular weight excluding hydrogens is 164 g/mol. The summed E-state index contributed by atoms with van der Waals surface area (Å²) in [6.45, 7) is 0. The largest absolute Gasteiger partial charge is 0.436 e. The van der Waals surface area contributed by atoms with Crippen molar-refractivity contribution in [2.24, 2.45) is 0 Å². The Labute approximate surface area is 62.3 Å². The van der Waals surface area contributed by atoms with Gasteiger partial charge in [0.25, 0.3) is 10.0 Å². The Balaban J connectivity index is 2.79. The molecule has 0 rings (SSSR count). The summed E-state index contributed by atoms with van der Waals surface area (Å²) in [6, 6.07) is 0. The van der Waals surface area contributed by atoms with Crippen molar-refractivity contribution in [1.29, 1.82) is 0 Å². The molecule has 2 nitrogen and oxygen atoms in total. The van der Waals surface area contributed by atoms with Crippen LogP contribution in [0.3, 0.4) is 0 Å². The Kier molecular flexibility index (Phi) is 7.43. The van der Waals surface area contributed by atoms with E-state index in [0.29, 0.717) is 0 Å². The first-order chi connectivity index (χ1) is 4.41. The third kappa shape index (κ3) is 7.69. The molecule has 0 radical (unpaired) electrons. The van der Waals surface area contributed by atoms with Crippen molar-refractivity contribution in [3.05, 3.63) is 0 Å². The third-order valence-electron chi connectivity index (χ3n) is 0.537. The Morgan fingerprint density at radius 1 is 1.00 bits per heavy atom. The molecule has 0 aromatic heterocycles. The highest BCUT2D eigenvalue weighted by atomic mass is 28.4. The van der Waals surface area contributed by atoms with Gasteiger partial charge in [-0.1, -0.05) is 0 Å². The van der Waals surface area contributed by atoms with E-state index in [4.69, 9.17) is 21.1 Å². The van der Waals surface area contributed by atoms with E-state index >= 15 is 0 Å². The predicted molar refractivity (Wildman–Crippen MR) is 45.5 cm³/mol. The van der Waals surface area contributed by atoms with Gasteiger partial charge in [0.1, 0.15) is 0 Å². The van der Waals surface area contributed by atoms with Gasteiger partial charge in [-0.2, -0.15) is 0 Å². The van der Waals surface area contributed by atoms with E-state index in [9.17, 15) is 0 Å². The fourth-order valence-corrected chi connectivity index (χ4v) is 3.40. The molecule has 0 fully saturated rings. The van der Waals surface area contributed by atoms with Crippen LogP contribution < -0.4 is 0 Å². The lowest BCUT2D eigenvalue weighted by atomic mass is 11.4. The molecule has 9 heavy (non-hydrogen) atoms. The van der Waals surface area contributed by atoms with Gasteiger partial charge in [-0.3, -0.25) is 0 Å². The van der Waals surface area contributed by atoms with E-state index in [-0.39, 0.29) is 0 Å². The average Bonchev–Trinajstić information content (AvgIpc) is 1.89. The van der Waals surface area contributed by atoms with Crippen LogP contribution in [0, 0.1) is 23.9 Å². The van der Waals surface area contributed by atoms with Gasteiger partial charge < -0.3 is 8.23 Å². The summed E-state index contributed by atoms with van der Waals surface area (Å²) in [5.41, 5.74) is 4.96. The van der Waals surface area contributed by atoms with Gasteiger partial charge in [-0.15, -0.1) is 23.9 Å². The molecule has 0 N–H and O–H groups in total. The van der Waals surface area contributed by atoms with Crippen molar-refractivity contribution in [1.82, 2.24) is 0 Å². The van der Waals surface area contributed by atoms with Crippen molar-refractivity contribution in [3.63, 3.8) is 0 Å². The van der Waals surface area contributed by atoms with Gasteiger partial charge in [0.05, 0.1) is 0 Å². The molecule has 0 aromatic carbocycles. The zero-order valence-corrected chi connectivity index (χ0v) is 9.34. The molecule has 0 aromatic rings. The van der Waals surface area contributed by atoms with Crippen molar-refractivity contribution < 1.29 is 8.23 Å². The van der Waals surface area contributed by atoms with Crippen molar-refractivity contribution in [3.8, 4) is 23.9 Å². The van der Waals surface area contributed by atoms with Crippen LogP contribution in [0.5, 0.6) is 0 Å². The fraction of sp³-hybridized carbons (Fsp3) is 0. The lowest BCUT2D eigenvalue weighted by molar-refractivity contribution is 0.503. The van der Waals surface area contributed by atoms with Crippen LogP contribution in [0.15, 0.2) is 0 Å². The quantitative estimate of drug-likeness (QED) is 0.262. The van der Waals surface area contributed by atoms with Crippen LogP contribution in [-0.2, 0) is 8.23 Å². The zero-order chi connectivity index (χ0) is 6.95. The third-order valence-corrected chi connectivity index (χ3v) is 3.84. The molecule has 0 spiro atoms. The van der Waals surface area contributed by atoms with E-state index in [1.165, 1.54) is 0 Å². The van der Waals surface area contributed by atoms with Gasteiger partial charge in [0, 0.05) is 0 Å². The van der Waals surface area contributed by atoms with Crippen LogP contribution in [-0.4, -0.2) is 29.5 Å². The van der Waals surface area contributed by atoms with Crippen LogP contribution >= 0.6 is 0 Å². The smallest absolute Gasteiger partial charge is 0.284 e. The minimum absolute atomic E-state index is 0.688. The average molecular weight is 172 g/mol. The van der Waals surface area contributed by atoms with Crippen molar-refractivity contribution in [2.45, 2.75) is 0 Å². The lowest BCUT2D eigenvalue weighted by Gasteiger charge is -1.96. The van der Waals surface area contributed by atoms with Gasteiger partial charge in [0.15, 0.2) is 0 Å². The first-order valence-corrected chi connectivity index (χ1v) is 6.16. The Morgan fingerprint density at radius 2 is 1.44 bits per heavy atom. The molecule has 0 heterocycles. The summed E-state index contributed by atoms with van der Waals surface area (Å²) in [4.78, 5) is 0. The molecule has 48 valence electrons. The summed E-state index contributed by atoms with van der Waals surface area (Å²) in [5.74, 6) is 0. The number of hydrogen-bond donors (Lipinski definition) is 0. The maximum Gasteiger partial charge on any atom is 0.284 e. The first-order valence-electron chi connectivity index (χ1n) is 2.44. The molecule has 0 aliphatic rings. The normalized spacial score (nSPS) is 11.8. The topological polar surface area (TPSA) is 18.5 Å². The number of terminal acetylenes is 2. The fourth-order valence-electron chi connectivity index (χ4n) is 0.260. The molecule has 0 saturated heterocycles. The minimum atomic E-state index is -0.772. The van der Waals surface area contributed by atoms with Gasteiger partial charge in [-0.05, 0) is 0 Å². The van der Waals surface area contributed by atoms with E-state index in [0.717, 1.165) is 0 Å². The standard InChI is InChI=1S/C4H8O2Si3/c1-3-7-5-9-6-8-4-2/h1-2H,7-9H2. The highest BCUT2D eigenvalue weighted by molar-refractivity contribution is 6.52. The molecule has 0 atom stereocenters. The maximum atomic E-state index is 5.04. The highest BCUT2D eigenvalue weighted by Crippen LogP contribution is 1.66. The SMILES string of the molecule is C#C[SiH2]O[SiH2]O[SiH2]C#C. The number of hydrogen-bond acceptors (Lipinski definition) is 2.